The normalized spacial score (nSPS) is 19.7. The average molecular weight is 434 g/mol. The number of nitrogens with two attached hydrogens (primary N) is 2. The van der Waals surface area contributed by atoms with Gasteiger partial charge in [0.15, 0.2) is 5.82 Å². The second-order valence-electron chi connectivity index (χ2n) is 7.51. The van der Waals surface area contributed by atoms with E-state index in [-0.39, 0.29) is 34.2 Å². The van der Waals surface area contributed by atoms with Gasteiger partial charge in [-0.1, -0.05) is 36.2 Å². The molecule has 10 heteroatoms. The highest BCUT2D eigenvalue weighted by atomic mass is 35.5. The predicted octanol–water partition coefficient (Wildman–Crippen LogP) is 3.80. The molecule has 1 aliphatic carbocycles. The largest absolute Gasteiger partial charge is 0.382 e. The molecule has 5 N–H and O–H groups in total. The third-order valence-electron chi connectivity index (χ3n) is 5.25. The van der Waals surface area contributed by atoms with Crippen LogP contribution < -0.4 is 22.3 Å². The Kier molecular flexibility index (Phi) is 5.00. The van der Waals surface area contributed by atoms with Gasteiger partial charge in [-0.05, 0) is 37.8 Å². The van der Waals surface area contributed by atoms with Crippen molar-refractivity contribution in [2.45, 2.75) is 38.8 Å². The van der Waals surface area contributed by atoms with Crippen LogP contribution in [0.15, 0.2) is 23.0 Å². The number of nitrogen functional groups attached to an aromatic ring is 2. The molecule has 1 aromatic carbocycles. The number of benzene rings is 1. The molecule has 3 aromatic rings. The first kappa shape index (κ1) is 19.7. The summed E-state index contributed by atoms with van der Waals surface area (Å²) in [6, 6.07) is 4.93. The van der Waals surface area contributed by atoms with Crippen molar-refractivity contribution in [2.75, 3.05) is 16.8 Å². The Balaban J connectivity index is 1.84. The van der Waals surface area contributed by atoms with E-state index in [0.717, 1.165) is 12.8 Å². The summed E-state index contributed by atoms with van der Waals surface area (Å²) in [7, 11) is 0. The molecule has 1 aliphatic rings. The van der Waals surface area contributed by atoms with E-state index in [1.807, 2.05) is 6.92 Å². The number of hydrogen-bond donors (Lipinski definition) is 3. The number of rotatable bonds is 4. The van der Waals surface area contributed by atoms with Gasteiger partial charge < -0.3 is 16.8 Å². The van der Waals surface area contributed by atoms with Gasteiger partial charge in [0.2, 0.25) is 5.95 Å². The van der Waals surface area contributed by atoms with Crippen LogP contribution in [0.4, 0.5) is 17.6 Å². The zero-order valence-electron chi connectivity index (χ0n) is 16.0. The van der Waals surface area contributed by atoms with Gasteiger partial charge in [-0.3, -0.25) is 9.36 Å². The number of halogens is 2. The fourth-order valence-electron chi connectivity index (χ4n) is 3.80. The van der Waals surface area contributed by atoms with E-state index in [2.05, 4.69) is 22.2 Å². The SMILES string of the molecule is CC1CC(n2c([C@H](C)Nc3nc(N)nc(N)c3Cl)nc3cccc(Cl)c3c2=O)C1. The van der Waals surface area contributed by atoms with Crippen molar-refractivity contribution in [3.8, 4) is 0 Å². The molecular weight excluding hydrogens is 413 g/mol. The predicted molar refractivity (Wildman–Crippen MR) is 116 cm³/mol. The van der Waals surface area contributed by atoms with Crippen LogP contribution in [0.25, 0.3) is 10.9 Å². The maximum atomic E-state index is 13.4. The molecule has 1 fully saturated rings. The third kappa shape index (κ3) is 3.47. The summed E-state index contributed by atoms with van der Waals surface area (Å²) in [4.78, 5) is 26.1. The Labute approximate surface area is 177 Å². The molecule has 1 atom stereocenters. The highest BCUT2D eigenvalue weighted by molar-refractivity contribution is 6.35. The molecule has 152 valence electrons. The van der Waals surface area contributed by atoms with Crippen LogP contribution in [-0.4, -0.2) is 19.5 Å². The highest BCUT2D eigenvalue weighted by Crippen LogP contribution is 2.39. The lowest BCUT2D eigenvalue weighted by Gasteiger charge is -2.36. The number of nitrogens with zero attached hydrogens (tertiary/aromatic N) is 4. The van der Waals surface area contributed by atoms with Crippen LogP contribution in [-0.2, 0) is 0 Å². The smallest absolute Gasteiger partial charge is 0.263 e. The summed E-state index contributed by atoms with van der Waals surface area (Å²) in [5, 5.41) is 4.16. The molecule has 0 aliphatic heterocycles. The van der Waals surface area contributed by atoms with Gasteiger partial charge in [0.25, 0.3) is 5.56 Å². The van der Waals surface area contributed by atoms with E-state index in [0.29, 0.717) is 27.7 Å². The van der Waals surface area contributed by atoms with Gasteiger partial charge in [-0.2, -0.15) is 9.97 Å². The van der Waals surface area contributed by atoms with Gasteiger partial charge in [-0.25, -0.2) is 4.98 Å². The standard InChI is InChI=1S/C19H21Cl2N7O/c1-8-6-10(7-8)28-17(25-12-5-3-4-11(20)13(12)18(28)29)9(2)24-16-14(21)15(22)26-19(23)27-16/h3-5,8-10H,6-7H2,1-2H3,(H5,22,23,24,26,27)/t8?,9-,10?/m0/s1. The lowest BCUT2D eigenvalue weighted by atomic mass is 9.81. The molecule has 0 unspecified atom stereocenters. The Bertz CT molecular complexity index is 1160. The Morgan fingerprint density at radius 1 is 1.21 bits per heavy atom. The first-order valence-corrected chi connectivity index (χ1v) is 10.1. The van der Waals surface area contributed by atoms with E-state index in [1.165, 1.54) is 0 Å². The van der Waals surface area contributed by atoms with Gasteiger partial charge >= 0.3 is 0 Å². The number of nitrogens with one attached hydrogen (secondary N) is 1. The third-order valence-corrected chi connectivity index (χ3v) is 5.94. The quantitative estimate of drug-likeness (QED) is 0.570. The second kappa shape index (κ2) is 7.35. The summed E-state index contributed by atoms with van der Waals surface area (Å²) >= 11 is 12.5. The van der Waals surface area contributed by atoms with E-state index in [4.69, 9.17) is 39.7 Å². The molecule has 1 saturated carbocycles. The van der Waals surface area contributed by atoms with Crippen molar-refractivity contribution in [3.63, 3.8) is 0 Å². The number of hydrogen-bond acceptors (Lipinski definition) is 7. The molecule has 8 nitrogen and oxygen atoms in total. The minimum Gasteiger partial charge on any atom is -0.382 e. The van der Waals surface area contributed by atoms with E-state index < -0.39 is 6.04 Å². The lowest BCUT2D eigenvalue weighted by Crippen LogP contribution is -2.37. The summed E-state index contributed by atoms with van der Waals surface area (Å²) in [6.07, 6.45) is 1.82. The molecule has 29 heavy (non-hydrogen) atoms. The van der Waals surface area contributed by atoms with E-state index in [1.54, 1.807) is 22.8 Å². The molecule has 4 rings (SSSR count). The lowest BCUT2D eigenvalue weighted by molar-refractivity contribution is 0.205. The van der Waals surface area contributed by atoms with Gasteiger partial charge in [0, 0.05) is 6.04 Å². The monoisotopic (exact) mass is 433 g/mol. The molecule has 0 saturated heterocycles. The molecular formula is C19H21Cl2N7O. The topological polar surface area (TPSA) is 125 Å². The summed E-state index contributed by atoms with van der Waals surface area (Å²) < 4.78 is 1.74. The molecule has 2 heterocycles. The molecule has 0 spiro atoms. The van der Waals surface area contributed by atoms with Crippen LogP contribution in [0.1, 0.15) is 44.6 Å². The van der Waals surface area contributed by atoms with Crippen LogP contribution in [0.3, 0.4) is 0 Å². The fraction of sp³-hybridized carbons (Fsp3) is 0.368. The summed E-state index contributed by atoms with van der Waals surface area (Å²) in [5.74, 6) is 1.51. The van der Waals surface area contributed by atoms with Crippen molar-refractivity contribution in [1.82, 2.24) is 19.5 Å². The average Bonchev–Trinajstić information content (AvgIpc) is 2.63. The minimum absolute atomic E-state index is 0.00469. The van der Waals surface area contributed by atoms with Crippen molar-refractivity contribution in [1.29, 1.82) is 0 Å². The van der Waals surface area contributed by atoms with Crippen LogP contribution in [0.5, 0.6) is 0 Å². The maximum Gasteiger partial charge on any atom is 0.263 e. The van der Waals surface area contributed by atoms with Crippen LogP contribution in [0.2, 0.25) is 10.0 Å². The van der Waals surface area contributed by atoms with Crippen LogP contribution >= 0.6 is 23.2 Å². The van der Waals surface area contributed by atoms with Crippen molar-refractivity contribution >= 4 is 51.7 Å². The number of fused-ring (bicyclic) bond motifs is 1. The molecule has 0 amide bonds. The molecule has 2 aromatic heterocycles. The number of anilines is 3. The highest BCUT2D eigenvalue weighted by Gasteiger charge is 2.32. The van der Waals surface area contributed by atoms with Gasteiger partial charge in [-0.15, -0.1) is 0 Å². The first-order chi connectivity index (χ1) is 13.8. The maximum absolute atomic E-state index is 13.4. The zero-order chi connectivity index (χ0) is 20.9. The van der Waals surface area contributed by atoms with Crippen LogP contribution in [0, 0.1) is 5.92 Å². The summed E-state index contributed by atoms with van der Waals surface area (Å²) in [5.41, 5.74) is 11.9. The second-order valence-corrected chi connectivity index (χ2v) is 8.29. The Morgan fingerprint density at radius 3 is 2.62 bits per heavy atom. The number of aromatic nitrogens is 4. The summed E-state index contributed by atoms with van der Waals surface area (Å²) in [6.45, 7) is 4.04. The van der Waals surface area contributed by atoms with Crippen molar-refractivity contribution < 1.29 is 0 Å². The van der Waals surface area contributed by atoms with Crippen molar-refractivity contribution in [3.05, 3.63) is 44.4 Å². The molecule has 0 bridgehead atoms. The fourth-order valence-corrected chi connectivity index (χ4v) is 4.19. The van der Waals surface area contributed by atoms with E-state index in [9.17, 15) is 4.79 Å². The van der Waals surface area contributed by atoms with Crippen molar-refractivity contribution in [2.24, 2.45) is 5.92 Å². The van der Waals surface area contributed by atoms with Gasteiger partial charge in [0.1, 0.15) is 16.7 Å². The Hall–Kier alpha value is -2.58. The first-order valence-electron chi connectivity index (χ1n) is 9.32. The molecule has 0 radical (unpaired) electrons. The minimum atomic E-state index is -0.395. The van der Waals surface area contributed by atoms with E-state index >= 15 is 0 Å². The Morgan fingerprint density at radius 2 is 1.93 bits per heavy atom. The van der Waals surface area contributed by atoms with Gasteiger partial charge in [0.05, 0.1) is 22.0 Å². The zero-order valence-corrected chi connectivity index (χ0v) is 17.5.